The van der Waals surface area contributed by atoms with Gasteiger partial charge in [0.25, 0.3) is 5.91 Å². The van der Waals surface area contributed by atoms with E-state index in [0.29, 0.717) is 12.0 Å². The zero-order valence-electron chi connectivity index (χ0n) is 15.7. The number of nitrogens with one attached hydrogen (secondary N) is 2. The molecule has 0 saturated heterocycles. The maximum absolute atomic E-state index is 12.7. The SMILES string of the molecule is CCc1csc([C@H](Cc2ccc(NS(=O)(=O)O)cc2)NC(=O)c2ccccc2)n1. The smallest absolute Gasteiger partial charge is 0.342 e. The van der Waals surface area contributed by atoms with Crippen molar-refractivity contribution in [3.8, 4) is 0 Å². The molecule has 1 atom stereocenters. The van der Waals surface area contributed by atoms with Crippen LogP contribution in [0.2, 0.25) is 0 Å². The van der Waals surface area contributed by atoms with Crippen molar-refractivity contribution in [3.63, 3.8) is 0 Å². The molecule has 1 heterocycles. The minimum Gasteiger partial charge on any atom is -0.342 e. The van der Waals surface area contributed by atoms with Crippen LogP contribution in [-0.2, 0) is 23.1 Å². The summed E-state index contributed by atoms with van der Waals surface area (Å²) in [5.74, 6) is -0.187. The zero-order chi connectivity index (χ0) is 20.9. The van der Waals surface area contributed by atoms with Gasteiger partial charge in [-0.05, 0) is 42.7 Å². The molecule has 0 saturated carbocycles. The lowest BCUT2D eigenvalue weighted by atomic mass is 10.1. The molecule has 3 rings (SSSR count). The molecular formula is C20H21N3O4S2. The van der Waals surface area contributed by atoms with Crippen molar-refractivity contribution in [2.75, 3.05) is 4.72 Å². The average molecular weight is 432 g/mol. The highest BCUT2D eigenvalue weighted by Gasteiger charge is 2.20. The third-order valence-electron chi connectivity index (χ3n) is 4.21. The van der Waals surface area contributed by atoms with Crippen LogP contribution in [0.25, 0.3) is 0 Å². The van der Waals surface area contributed by atoms with E-state index in [0.717, 1.165) is 22.7 Å². The summed E-state index contributed by atoms with van der Waals surface area (Å²) in [6.45, 7) is 2.03. The van der Waals surface area contributed by atoms with E-state index in [-0.39, 0.29) is 17.6 Å². The Morgan fingerprint density at radius 2 is 1.83 bits per heavy atom. The van der Waals surface area contributed by atoms with Crippen LogP contribution in [0, 0.1) is 0 Å². The first kappa shape index (κ1) is 21.0. The van der Waals surface area contributed by atoms with Gasteiger partial charge in [0, 0.05) is 10.9 Å². The number of hydrogen-bond acceptors (Lipinski definition) is 5. The highest BCUT2D eigenvalue weighted by Crippen LogP contribution is 2.24. The highest BCUT2D eigenvalue weighted by atomic mass is 32.2. The highest BCUT2D eigenvalue weighted by molar-refractivity contribution is 7.87. The Kier molecular flexibility index (Phi) is 6.63. The Bertz CT molecular complexity index is 1060. The molecule has 1 aromatic heterocycles. The Balaban J connectivity index is 1.80. The predicted molar refractivity (Wildman–Crippen MR) is 113 cm³/mol. The largest absolute Gasteiger partial charge is 0.357 e. The van der Waals surface area contributed by atoms with Gasteiger partial charge < -0.3 is 5.32 Å². The third kappa shape index (κ3) is 6.11. The van der Waals surface area contributed by atoms with Crippen molar-refractivity contribution in [1.29, 1.82) is 0 Å². The van der Waals surface area contributed by atoms with Crippen molar-refractivity contribution < 1.29 is 17.8 Å². The summed E-state index contributed by atoms with van der Waals surface area (Å²) < 4.78 is 32.7. The first-order valence-electron chi connectivity index (χ1n) is 8.98. The number of aromatic nitrogens is 1. The van der Waals surface area contributed by atoms with Crippen LogP contribution in [0.15, 0.2) is 60.0 Å². The van der Waals surface area contributed by atoms with E-state index in [1.54, 1.807) is 36.4 Å². The first-order valence-corrected chi connectivity index (χ1v) is 11.3. The number of carbonyl (C=O) groups is 1. The molecule has 9 heteroatoms. The molecular weight excluding hydrogens is 410 g/mol. The molecule has 29 heavy (non-hydrogen) atoms. The quantitative estimate of drug-likeness (QED) is 0.472. The van der Waals surface area contributed by atoms with Crippen LogP contribution in [0.1, 0.15) is 39.6 Å². The number of rotatable bonds is 8. The second-order valence-electron chi connectivity index (χ2n) is 6.40. The number of benzene rings is 2. The Labute approximate surface area is 173 Å². The summed E-state index contributed by atoms with van der Waals surface area (Å²) >= 11 is 1.50. The van der Waals surface area contributed by atoms with Gasteiger partial charge in [-0.1, -0.05) is 37.3 Å². The van der Waals surface area contributed by atoms with E-state index >= 15 is 0 Å². The molecule has 0 radical (unpaired) electrons. The fourth-order valence-corrected chi connectivity index (χ4v) is 4.16. The third-order valence-corrected chi connectivity index (χ3v) is 5.71. The van der Waals surface area contributed by atoms with Gasteiger partial charge in [-0.2, -0.15) is 8.42 Å². The molecule has 152 valence electrons. The molecule has 1 amide bonds. The van der Waals surface area contributed by atoms with Gasteiger partial charge in [0.15, 0.2) is 0 Å². The summed E-state index contributed by atoms with van der Waals surface area (Å²) in [7, 11) is -4.32. The Morgan fingerprint density at radius 1 is 1.14 bits per heavy atom. The van der Waals surface area contributed by atoms with E-state index in [1.165, 1.54) is 11.3 Å². The lowest BCUT2D eigenvalue weighted by molar-refractivity contribution is 0.0936. The number of hydrogen-bond donors (Lipinski definition) is 3. The van der Waals surface area contributed by atoms with Gasteiger partial charge in [-0.15, -0.1) is 11.3 Å². The van der Waals surface area contributed by atoms with Gasteiger partial charge in [0.2, 0.25) is 0 Å². The van der Waals surface area contributed by atoms with Crippen LogP contribution in [0.4, 0.5) is 5.69 Å². The molecule has 0 aliphatic heterocycles. The molecule has 0 spiro atoms. The Hall–Kier alpha value is -2.75. The topological polar surface area (TPSA) is 108 Å². The van der Waals surface area contributed by atoms with Crippen molar-refractivity contribution in [2.45, 2.75) is 25.8 Å². The van der Waals surface area contributed by atoms with Gasteiger partial charge in [-0.3, -0.25) is 14.1 Å². The van der Waals surface area contributed by atoms with Crippen LogP contribution < -0.4 is 10.0 Å². The predicted octanol–water partition coefficient (Wildman–Crippen LogP) is 3.63. The van der Waals surface area contributed by atoms with Gasteiger partial charge in [0.1, 0.15) is 5.01 Å². The maximum Gasteiger partial charge on any atom is 0.357 e. The monoisotopic (exact) mass is 431 g/mol. The van der Waals surface area contributed by atoms with Crippen molar-refractivity contribution in [3.05, 3.63) is 81.8 Å². The molecule has 0 fully saturated rings. The summed E-state index contributed by atoms with van der Waals surface area (Å²) in [6, 6.07) is 15.2. The first-order chi connectivity index (χ1) is 13.8. The van der Waals surface area contributed by atoms with Crippen molar-refractivity contribution in [2.24, 2.45) is 0 Å². The minimum atomic E-state index is -4.32. The second-order valence-corrected chi connectivity index (χ2v) is 8.44. The number of nitrogens with zero attached hydrogens (tertiary/aromatic N) is 1. The van der Waals surface area contributed by atoms with E-state index in [9.17, 15) is 13.2 Å². The standard InChI is InChI=1S/C20H21N3O4S2/c1-2-16-13-28-20(21-16)18(22-19(24)15-6-4-3-5-7-15)12-14-8-10-17(11-9-14)23-29(25,26)27/h3-11,13,18,23H,2,12H2,1H3,(H,22,24)(H,25,26,27)/t18-/m0/s1. The summed E-state index contributed by atoms with van der Waals surface area (Å²) in [5, 5.41) is 5.84. The molecule has 2 aromatic carbocycles. The molecule has 0 unspecified atom stereocenters. The van der Waals surface area contributed by atoms with E-state index in [2.05, 4.69) is 10.3 Å². The van der Waals surface area contributed by atoms with Crippen molar-refractivity contribution >= 4 is 33.2 Å². The fourth-order valence-electron chi connectivity index (χ4n) is 2.77. The molecule has 0 bridgehead atoms. The lowest BCUT2D eigenvalue weighted by Gasteiger charge is -2.17. The van der Waals surface area contributed by atoms with Gasteiger partial charge in [-0.25, -0.2) is 4.98 Å². The average Bonchev–Trinajstić information content (AvgIpc) is 3.18. The van der Waals surface area contributed by atoms with E-state index in [1.807, 2.05) is 35.2 Å². The summed E-state index contributed by atoms with van der Waals surface area (Å²) in [5.41, 5.74) is 2.68. The number of carbonyl (C=O) groups excluding carboxylic acids is 1. The van der Waals surface area contributed by atoms with Crippen LogP contribution in [0.3, 0.4) is 0 Å². The van der Waals surface area contributed by atoms with Crippen LogP contribution >= 0.6 is 11.3 Å². The zero-order valence-corrected chi connectivity index (χ0v) is 17.3. The van der Waals surface area contributed by atoms with Crippen LogP contribution in [-0.4, -0.2) is 23.9 Å². The number of amides is 1. The molecule has 0 aliphatic rings. The Morgan fingerprint density at radius 3 is 2.41 bits per heavy atom. The van der Waals surface area contributed by atoms with Crippen LogP contribution in [0.5, 0.6) is 0 Å². The fraction of sp³-hybridized carbons (Fsp3) is 0.200. The molecule has 3 N–H and O–H groups in total. The summed E-state index contributed by atoms with van der Waals surface area (Å²) in [6.07, 6.45) is 1.30. The molecule has 0 aliphatic carbocycles. The number of anilines is 1. The van der Waals surface area contributed by atoms with E-state index < -0.39 is 10.3 Å². The molecule has 7 nitrogen and oxygen atoms in total. The number of thiazole rings is 1. The number of aryl methyl sites for hydroxylation is 1. The summed E-state index contributed by atoms with van der Waals surface area (Å²) in [4.78, 5) is 17.3. The second kappa shape index (κ2) is 9.17. The lowest BCUT2D eigenvalue weighted by Crippen LogP contribution is -2.30. The molecule has 3 aromatic rings. The maximum atomic E-state index is 12.7. The normalized spacial score (nSPS) is 12.3. The van der Waals surface area contributed by atoms with Crippen molar-refractivity contribution in [1.82, 2.24) is 10.3 Å². The minimum absolute atomic E-state index is 0.187. The van der Waals surface area contributed by atoms with Gasteiger partial charge >= 0.3 is 10.3 Å². The van der Waals surface area contributed by atoms with E-state index in [4.69, 9.17) is 4.55 Å². The van der Waals surface area contributed by atoms with Gasteiger partial charge in [0.05, 0.1) is 17.4 Å².